The van der Waals surface area contributed by atoms with Gasteiger partial charge in [0.2, 0.25) is 0 Å². The first kappa shape index (κ1) is 15.6. The van der Waals surface area contributed by atoms with Gasteiger partial charge >= 0.3 is 12.3 Å². The molecule has 0 radical (unpaired) electrons. The quantitative estimate of drug-likeness (QED) is 0.929. The van der Waals surface area contributed by atoms with Crippen LogP contribution in [0.25, 0.3) is 0 Å². The van der Waals surface area contributed by atoms with Crippen molar-refractivity contribution in [3.05, 3.63) is 29.8 Å². The molecular weight excluding hydrogens is 287 g/mol. The van der Waals surface area contributed by atoms with Crippen molar-refractivity contribution >= 4 is 5.97 Å². The number of rotatable bonds is 4. The van der Waals surface area contributed by atoms with E-state index in [1.165, 1.54) is 12.1 Å². The molecule has 1 fully saturated rings. The van der Waals surface area contributed by atoms with E-state index in [4.69, 9.17) is 5.11 Å². The Morgan fingerprint density at radius 2 is 1.90 bits per heavy atom. The lowest BCUT2D eigenvalue weighted by Gasteiger charge is -2.30. The summed E-state index contributed by atoms with van der Waals surface area (Å²) in [7, 11) is 0. The van der Waals surface area contributed by atoms with Crippen LogP contribution in [0.2, 0.25) is 0 Å². The maximum atomic E-state index is 12.3. The SMILES string of the molecule is O=C(O)C1CCN(Cc2ccccc2OC(F)(F)F)CC1. The number of carboxylic acid groups (broad SMARTS) is 1. The fourth-order valence-corrected chi connectivity index (χ4v) is 2.44. The average Bonchev–Trinajstić information content (AvgIpc) is 2.40. The van der Waals surface area contributed by atoms with Crippen LogP contribution >= 0.6 is 0 Å². The van der Waals surface area contributed by atoms with Gasteiger partial charge in [0.25, 0.3) is 0 Å². The van der Waals surface area contributed by atoms with Crippen LogP contribution in [0.3, 0.4) is 0 Å². The summed E-state index contributed by atoms with van der Waals surface area (Å²) in [6.45, 7) is 1.42. The summed E-state index contributed by atoms with van der Waals surface area (Å²) in [5.41, 5.74) is 0.448. The molecule has 4 nitrogen and oxygen atoms in total. The van der Waals surface area contributed by atoms with E-state index in [0.717, 1.165) is 0 Å². The highest BCUT2D eigenvalue weighted by Gasteiger charge is 2.32. The van der Waals surface area contributed by atoms with Crippen molar-refractivity contribution in [2.24, 2.45) is 5.92 Å². The summed E-state index contributed by atoms with van der Waals surface area (Å²) in [6, 6.07) is 6.01. The number of benzene rings is 1. The Bertz CT molecular complexity index is 496. The van der Waals surface area contributed by atoms with E-state index >= 15 is 0 Å². The number of alkyl halides is 3. The first-order valence-electron chi connectivity index (χ1n) is 6.64. The molecule has 2 rings (SSSR count). The Labute approximate surface area is 120 Å². The van der Waals surface area contributed by atoms with Crippen molar-refractivity contribution in [1.29, 1.82) is 0 Å². The molecule has 1 saturated heterocycles. The van der Waals surface area contributed by atoms with Gasteiger partial charge in [-0.1, -0.05) is 18.2 Å². The van der Waals surface area contributed by atoms with Crippen LogP contribution in [0.15, 0.2) is 24.3 Å². The highest BCUT2D eigenvalue weighted by atomic mass is 19.4. The van der Waals surface area contributed by atoms with Gasteiger partial charge in [-0.15, -0.1) is 13.2 Å². The van der Waals surface area contributed by atoms with Gasteiger partial charge < -0.3 is 9.84 Å². The maximum Gasteiger partial charge on any atom is 0.573 e. The summed E-state index contributed by atoms with van der Waals surface area (Å²) < 4.78 is 41.0. The van der Waals surface area contributed by atoms with Gasteiger partial charge in [-0.25, -0.2) is 0 Å². The van der Waals surface area contributed by atoms with Gasteiger partial charge in [0.05, 0.1) is 5.92 Å². The standard InChI is InChI=1S/C14H16F3NO3/c15-14(16,17)21-12-4-2-1-3-11(12)9-18-7-5-10(6-8-18)13(19)20/h1-4,10H,5-9H2,(H,19,20). The third kappa shape index (κ3) is 4.63. The summed E-state index contributed by atoms with van der Waals surface area (Å²) in [4.78, 5) is 12.8. The number of para-hydroxylation sites is 1. The van der Waals surface area contributed by atoms with Crippen LogP contribution in [-0.4, -0.2) is 35.4 Å². The van der Waals surface area contributed by atoms with Gasteiger partial charge in [0.15, 0.2) is 0 Å². The number of likely N-dealkylation sites (tertiary alicyclic amines) is 1. The Hall–Kier alpha value is -1.76. The lowest BCUT2D eigenvalue weighted by Crippen LogP contribution is -2.36. The molecule has 116 valence electrons. The van der Waals surface area contributed by atoms with E-state index in [2.05, 4.69) is 4.74 Å². The van der Waals surface area contributed by atoms with E-state index in [1.54, 1.807) is 12.1 Å². The summed E-state index contributed by atoms with van der Waals surface area (Å²) >= 11 is 0. The van der Waals surface area contributed by atoms with Crippen molar-refractivity contribution < 1.29 is 27.8 Å². The van der Waals surface area contributed by atoms with Gasteiger partial charge in [0.1, 0.15) is 5.75 Å². The highest BCUT2D eigenvalue weighted by molar-refractivity contribution is 5.70. The van der Waals surface area contributed by atoms with E-state index in [0.29, 0.717) is 38.0 Å². The highest BCUT2D eigenvalue weighted by Crippen LogP contribution is 2.28. The second kappa shape index (κ2) is 6.34. The number of hydrogen-bond acceptors (Lipinski definition) is 3. The topological polar surface area (TPSA) is 49.8 Å². The Morgan fingerprint density at radius 3 is 2.48 bits per heavy atom. The van der Waals surface area contributed by atoms with Gasteiger partial charge in [0, 0.05) is 12.1 Å². The minimum absolute atomic E-state index is 0.203. The number of carbonyl (C=O) groups is 1. The number of carboxylic acids is 1. The molecule has 1 aromatic carbocycles. The van der Waals surface area contributed by atoms with Crippen molar-refractivity contribution in [3.8, 4) is 5.75 Å². The Balaban J connectivity index is 1.99. The van der Waals surface area contributed by atoms with Gasteiger partial charge in [-0.2, -0.15) is 0 Å². The molecule has 21 heavy (non-hydrogen) atoms. The zero-order chi connectivity index (χ0) is 15.5. The smallest absolute Gasteiger partial charge is 0.481 e. The number of halogens is 3. The van der Waals surface area contributed by atoms with Crippen molar-refractivity contribution in [2.45, 2.75) is 25.7 Å². The molecule has 7 heteroatoms. The fraction of sp³-hybridized carbons (Fsp3) is 0.500. The molecule has 0 amide bonds. The molecular formula is C14H16F3NO3. The maximum absolute atomic E-state index is 12.3. The molecule has 0 aromatic heterocycles. The number of aliphatic carboxylic acids is 1. The van der Waals surface area contributed by atoms with Crippen LogP contribution in [0.4, 0.5) is 13.2 Å². The normalized spacial score (nSPS) is 17.7. The molecule has 0 atom stereocenters. The van der Waals surface area contributed by atoms with Crippen molar-refractivity contribution in [2.75, 3.05) is 13.1 Å². The minimum atomic E-state index is -4.72. The average molecular weight is 303 g/mol. The Kier molecular flexibility index (Phi) is 4.72. The first-order chi connectivity index (χ1) is 9.85. The molecule has 0 bridgehead atoms. The lowest BCUT2D eigenvalue weighted by atomic mass is 9.97. The predicted octanol–water partition coefficient (Wildman–Crippen LogP) is 2.88. The third-order valence-electron chi connectivity index (χ3n) is 3.53. The molecule has 0 aliphatic carbocycles. The van der Waals surface area contributed by atoms with Crippen LogP contribution < -0.4 is 4.74 Å². The lowest BCUT2D eigenvalue weighted by molar-refractivity contribution is -0.275. The number of nitrogens with zero attached hydrogens (tertiary/aromatic N) is 1. The molecule has 1 aromatic rings. The number of ether oxygens (including phenoxy) is 1. The second-order valence-corrected chi connectivity index (χ2v) is 5.04. The van der Waals surface area contributed by atoms with E-state index in [9.17, 15) is 18.0 Å². The number of piperidine rings is 1. The van der Waals surface area contributed by atoms with Gasteiger partial charge in [-0.05, 0) is 32.0 Å². The molecule has 0 saturated carbocycles. The minimum Gasteiger partial charge on any atom is -0.481 e. The zero-order valence-electron chi connectivity index (χ0n) is 11.3. The molecule has 0 spiro atoms. The number of hydrogen-bond donors (Lipinski definition) is 1. The molecule has 1 heterocycles. The molecule has 0 unspecified atom stereocenters. The molecule has 1 aliphatic rings. The first-order valence-corrected chi connectivity index (χ1v) is 6.64. The van der Waals surface area contributed by atoms with Crippen LogP contribution in [-0.2, 0) is 11.3 Å². The second-order valence-electron chi connectivity index (χ2n) is 5.04. The van der Waals surface area contributed by atoms with Crippen molar-refractivity contribution in [1.82, 2.24) is 4.90 Å². The van der Waals surface area contributed by atoms with Crippen LogP contribution in [0.5, 0.6) is 5.75 Å². The fourth-order valence-electron chi connectivity index (χ4n) is 2.44. The molecule has 1 N–H and O–H groups in total. The van der Waals surface area contributed by atoms with Crippen LogP contribution in [0.1, 0.15) is 18.4 Å². The van der Waals surface area contributed by atoms with Gasteiger partial charge in [-0.3, -0.25) is 9.69 Å². The van der Waals surface area contributed by atoms with E-state index in [-0.39, 0.29) is 11.7 Å². The monoisotopic (exact) mass is 303 g/mol. The summed E-state index contributed by atoms with van der Waals surface area (Å²) in [5, 5.41) is 8.92. The van der Waals surface area contributed by atoms with E-state index < -0.39 is 12.3 Å². The Morgan fingerprint density at radius 1 is 1.29 bits per heavy atom. The molecule has 1 aliphatic heterocycles. The van der Waals surface area contributed by atoms with E-state index in [1.807, 2.05) is 4.90 Å². The summed E-state index contributed by atoms with van der Waals surface area (Å²) in [6.07, 6.45) is -3.69. The zero-order valence-corrected chi connectivity index (χ0v) is 11.3. The predicted molar refractivity (Wildman–Crippen MR) is 68.8 cm³/mol. The van der Waals surface area contributed by atoms with Crippen molar-refractivity contribution in [3.63, 3.8) is 0 Å². The summed E-state index contributed by atoms with van der Waals surface area (Å²) in [5.74, 6) is -1.37. The largest absolute Gasteiger partial charge is 0.573 e. The third-order valence-corrected chi connectivity index (χ3v) is 3.53. The van der Waals surface area contributed by atoms with Crippen LogP contribution in [0, 0.1) is 5.92 Å².